The minimum Gasteiger partial charge on any atom is -0.857 e. The van der Waals surface area contributed by atoms with E-state index in [2.05, 4.69) is 66.8 Å². The Morgan fingerprint density at radius 1 is 0.885 bits per heavy atom. The number of hydrogen-bond donors (Lipinski definition) is 0. The number of fused-ring (bicyclic) bond motifs is 3. The van der Waals surface area contributed by atoms with Crippen molar-refractivity contribution in [2.24, 2.45) is 0 Å². The maximum Gasteiger partial charge on any atom is 4.00 e. The largest absolute Gasteiger partial charge is 4.00 e. The average molecular weight is 426 g/mol. The molecule has 134 valence electrons. The topological polar surface area (TPSA) is 46.1 Å². The molecule has 0 saturated carbocycles. The molecule has 26 heavy (non-hydrogen) atoms. The van der Waals surface area contributed by atoms with Crippen LogP contribution in [0, 0.1) is 12.5 Å². The smallest absolute Gasteiger partial charge is 0.857 e. The summed E-state index contributed by atoms with van der Waals surface area (Å²) in [5, 5.41) is 16.5. The monoisotopic (exact) mass is 424 g/mol. The van der Waals surface area contributed by atoms with Crippen LogP contribution in [0.1, 0.15) is 36.5 Å². The van der Waals surface area contributed by atoms with Crippen molar-refractivity contribution in [2.75, 3.05) is 14.2 Å². The molecule has 0 aliphatic heterocycles. The fraction of sp³-hybridized carbons (Fsp3) is 0.261. The maximum atomic E-state index is 8.25. The van der Waals surface area contributed by atoms with Gasteiger partial charge in [0.1, 0.15) is 0 Å². The number of rotatable bonds is 1. The SMILES string of the molecule is C[CH-]C.C[O-].C[O-].[Zr+4].[c-]1c(C2C=CC=C2)ccc2c1Cc1ccccc1-2. The van der Waals surface area contributed by atoms with Gasteiger partial charge >= 0.3 is 26.2 Å². The fourth-order valence-electron chi connectivity index (χ4n) is 2.91. The standard InChI is InChI=1S/C18H13.C3H7.2CH3O.Zr/c1-2-6-13(5-1)14-9-10-18-16(11-14)12-15-7-3-4-8-17(15)18;1-3-2;2*1-2;/h1-10,13H,12H2;3H,1-2H3;2*1H3;/q4*-1;+4. The molecular formula is C23H26O2Zr. The fourth-order valence-corrected chi connectivity index (χ4v) is 2.91. The first kappa shape index (κ1) is 24.7. The molecule has 0 fully saturated rings. The molecule has 2 aromatic carbocycles. The first-order valence-corrected chi connectivity index (χ1v) is 8.37. The predicted octanol–water partition coefficient (Wildman–Crippen LogP) is 3.45. The minimum absolute atomic E-state index is 0. The van der Waals surface area contributed by atoms with Crippen molar-refractivity contribution in [1.82, 2.24) is 0 Å². The summed E-state index contributed by atoms with van der Waals surface area (Å²) in [5.41, 5.74) is 6.81. The van der Waals surface area contributed by atoms with Crippen molar-refractivity contribution < 1.29 is 36.4 Å². The zero-order valence-corrected chi connectivity index (χ0v) is 18.4. The van der Waals surface area contributed by atoms with Crippen LogP contribution in [0.3, 0.4) is 0 Å². The quantitative estimate of drug-likeness (QED) is 0.561. The average Bonchev–Trinajstić information content (AvgIpc) is 3.33. The van der Waals surface area contributed by atoms with E-state index in [9.17, 15) is 0 Å². The van der Waals surface area contributed by atoms with Crippen molar-refractivity contribution in [3.63, 3.8) is 0 Å². The molecule has 0 spiro atoms. The molecule has 2 nitrogen and oxygen atoms in total. The second-order valence-electron chi connectivity index (χ2n) is 5.51. The summed E-state index contributed by atoms with van der Waals surface area (Å²) in [6.07, 6.45) is 11.7. The van der Waals surface area contributed by atoms with Crippen LogP contribution in [0.2, 0.25) is 0 Å². The zero-order chi connectivity index (χ0) is 18.7. The molecule has 2 aliphatic carbocycles. The molecule has 0 aromatic heterocycles. The second kappa shape index (κ2) is 13.9. The van der Waals surface area contributed by atoms with Crippen LogP contribution in [0.5, 0.6) is 0 Å². The van der Waals surface area contributed by atoms with Crippen LogP contribution in [0.25, 0.3) is 11.1 Å². The molecule has 0 radical (unpaired) electrons. The first-order valence-electron chi connectivity index (χ1n) is 8.37. The number of hydrogen-bond acceptors (Lipinski definition) is 2. The Bertz CT molecular complexity index is 693. The van der Waals surface area contributed by atoms with Gasteiger partial charge in [0.15, 0.2) is 0 Å². The molecule has 0 bridgehead atoms. The van der Waals surface area contributed by atoms with Gasteiger partial charge in [-0.3, -0.25) is 0 Å². The third kappa shape index (κ3) is 6.16. The Morgan fingerprint density at radius 2 is 1.46 bits per heavy atom. The molecule has 2 aliphatic rings. The summed E-state index contributed by atoms with van der Waals surface area (Å²) in [4.78, 5) is 0. The van der Waals surface area contributed by atoms with Gasteiger partial charge in [-0.05, 0) is 12.3 Å². The second-order valence-corrected chi connectivity index (χ2v) is 5.51. The van der Waals surface area contributed by atoms with Crippen LogP contribution in [0.15, 0.2) is 60.7 Å². The molecule has 0 unspecified atom stereocenters. The summed E-state index contributed by atoms with van der Waals surface area (Å²) in [5.74, 6) is 0.416. The summed E-state index contributed by atoms with van der Waals surface area (Å²) >= 11 is 0. The molecule has 3 heteroatoms. The van der Waals surface area contributed by atoms with Crippen LogP contribution < -0.4 is 10.2 Å². The zero-order valence-electron chi connectivity index (χ0n) is 16.0. The Labute approximate surface area is 177 Å². The van der Waals surface area contributed by atoms with E-state index in [0.29, 0.717) is 5.92 Å². The van der Waals surface area contributed by atoms with E-state index in [1.807, 2.05) is 20.3 Å². The van der Waals surface area contributed by atoms with Gasteiger partial charge < -0.3 is 16.6 Å². The number of benzene rings is 2. The molecule has 0 heterocycles. The number of allylic oxidation sites excluding steroid dienone is 4. The summed E-state index contributed by atoms with van der Waals surface area (Å²) < 4.78 is 0. The van der Waals surface area contributed by atoms with Gasteiger partial charge in [0.05, 0.1) is 0 Å². The summed E-state index contributed by atoms with van der Waals surface area (Å²) in [6.45, 7) is 4.00. The van der Waals surface area contributed by atoms with Crippen LogP contribution >= 0.6 is 0 Å². The molecule has 4 rings (SSSR count). The molecule has 2 aromatic rings. The maximum absolute atomic E-state index is 8.25. The van der Waals surface area contributed by atoms with Crippen LogP contribution in [0.4, 0.5) is 0 Å². The van der Waals surface area contributed by atoms with Crippen molar-refractivity contribution in [3.05, 3.63) is 89.9 Å². The van der Waals surface area contributed by atoms with Gasteiger partial charge in [-0.25, -0.2) is 0 Å². The Balaban J connectivity index is 0.000000699. The van der Waals surface area contributed by atoms with E-state index in [4.69, 9.17) is 10.2 Å². The third-order valence-electron chi connectivity index (χ3n) is 3.83. The molecule has 0 N–H and O–H groups in total. The van der Waals surface area contributed by atoms with Crippen molar-refractivity contribution in [3.8, 4) is 11.1 Å². The molecular weight excluding hydrogens is 399 g/mol. The molecule has 0 amide bonds. The van der Waals surface area contributed by atoms with Gasteiger partial charge in [0.25, 0.3) is 0 Å². The van der Waals surface area contributed by atoms with E-state index >= 15 is 0 Å². The van der Waals surface area contributed by atoms with Gasteiger partial charge in [0, 0.05) is 0 Å². The predicted molar refractivity (Wildman–Crippen MR) is 102 cm³/mol. The van der Waals surface area contributed by atoms with Gasteiger partial charge in [-0.2, -0.15) is 51.8 Å². The third-order valence-corrected chi connectivity index (χ3v) is 3.83. The summed E-state index contributed by atoms with van der Waals surface area (Å²) in [7, 11) is 1.50. The Kier molecular flexibility index (Phi) is 13.2. The van der Waals surface area contributed by atoms with Crippen molar-refractivity contribution >= 4 is 0 Å². The van der Waals surface area contributed by atoms with Crippen molar-refractivity contribution in [1.29, 1.82) is 0 Å². The van der Waals surface area contributed by atoms with Gasteiger partial charge in [0.2, 0.25) is 0 Å². The van der Waals surface area contributed by atoms with E-state index in [-0.39, 0.29) is 26.2 Å². The molecule has 0 saturated heterocycles. The summed E-state index contributed by atoms with van der Waals surface area (Å²) in [6, 6.07) is 16.7. The Morgan fingerprint density at radius 3 is 2.08 bits per heavy atom. The van der Waals surface area contributed by atoms with Gasteiger partial charge in [-0.15, -0.1) is 11.1 Å². The van der Waals surface area contributed by atoms with Gasteiger partial charge in [-0.1, -0.05) is 59.7 Å². The van der Waals surface area contributed by atoms with Crippen LogP contribution in [-0.2, 0) is 32.6 Å². The van der Waals surface area contributed by atoms with E-state index in [0.717, 1.165) is 20.6 Å². The first-order chi connectivity index (χ1) is 12.3. The molecule has 0 atom stereocenters. The van der Waals surface area contributed by atoms with Crippen molar-refractivity contribution in [2.45, 2.75) is 26.2 Å². The minimum atomic E-state index is 0. The Hall–Kier alpha value is -1.28. The van der Waals surface area contributed by atoms with E-state index in [1.165, 1.54) is 27.8 Å². The van der Waals surface area contributed by atoms with E-state index < -0.39 is 0 Å². The normalized spacial score (nSPS) is 12.2. The van der Waals surface area contributed by atoms with Crippen LogP contribution in [-0.4, -0.2) is 14.2 Å². The van der Waals surface area contributed by atoms with E-state index in [1.54, 1.807) is 0 Å².